The third-order valence-electron chi connectivity index (χ3n) is 4.38. The molecule has 0 atom stereocenters. The Morgan fingerprint density at radius 2 is 1.64 bits per heavy atom. The molecule has 0 heterocycles. The standard InChI is InChI=1S/C16H32O7SSi/c1-19-25(20-2,21-3)12-4-10-24-11-9-16(18)23-15-7-5-14(6-8-15)22-13-17/h14-15,17H,4-13H2,1-3H3. The summed E-state index contributed by atoms with van der Waals surface area (Å²) in [5.74, 6) is 1.55. The molecular formula is C16H32O7SSi. The maximum Gasteiger partial charge on any atom is 0.500 e. The van der Waals surface area contributed by atoms with Gasteiger partial charge in [-0.05, 0) is 37.9 Å². The van der Waals surface area contributed by atoms with Gasteiger partial charge in [0.15, 0.2) is 0 Å². The van der Waals surface area contributed by atoms with Crippen LogP contribution in [0.3, 0.4) is 0 Å². The first-order valence-corrected chi connectivity index (χ1v) is 11.8. The van der Waals surface area contributed by atoms with Crippen LogP contribution in [0.25, 0.3) is 0 Å². The van der Waals surface area contributed by atoms with Crippen molar-refractivity contribution in [1.29, 1.82) is 0 Å². The summed E-state index contributed by atoms with van der Waals surface area (Å²) in [5.41, 5.74) is 0. The number of carbonyl (C=O) groups is 1. The third kappa shape index (κ3) is 8.85. The van der Waals surface area contributed by atoms with E-state index in [1.807, 2.05) is 0 Å². The first-order valence-electron chi connectivity index (χ1n) is 8.74. The highest BCUT2D eigenvalue weighted by molar-refractivity contribution is 7.99. The normalized spacial score (nSPS) is 21.3. The molecule has 1 saturated carbocycles. The lowest BCUT2D eigenvalue weighted by Gasteiger charge is -2.27. The SMILES string of the molecule is CO[Si](CCCSCCC(=O)OC1CCC(OCO)CC1)(OC)OC. The van der Waals surface area contributed by atoms with Crippen LogP contribution in [0.2, 0.25) is 6.04 Å². The Labute approximate surface area is 156 Å². The Kier molecular flexibility index (Phi) is 12.0. The first kappa shape index (κ1) is 22.9. The van der Waals surface area contributed by atoms with Gasteiger partial charge in [0.2, 0.25) is 0 Å². The van der Waals surface area contributed by atoms with Crippen molar-refractivity contribution in [1.82, 2.24) is 0 Å². The molecular weight excluding hydrogens is 364 g/mol. The van der Waals surface area contributed by atoms with Gasteiger partial charge in [0, 0.05) is 33.1 Å². The molecule has 0 radical (unpaired) electrons. The maximum absolute atomic E-state index is 11.9. The minimum atomic E-state index is -2.47. The zero-order valence-corrected chi connectivity index (χ0v) is 17.3. The molecule has 9 heteroatoms. The molecule has 1 fully saturated rings. The van der Waals surface area contributed by atoms with Crippen molar-refractivity contribution in [3.05, 3.63) is 0 Å². The topological polar surface area (TPSA) is 83.5 Å². The van der Waals surface area contributed by atoms with Gasteiger partial charge in [-0.25, -0.2) is 0 Å². The number of rotatable bonds is 13. The molecule has 0 aromatic heterocycles. The van der Waals surface area contributed by atoms with E-state index in [2.05, 4.69) is 0 Å². The highest BCUT2D eigenvalue weighted by Gasteiger charge is 2.36. The van der Waals surface area contributed by atoms with Gasteiger partial charge in [-0.3, -0.25) is 4.79 Å². The van der Waals surface area contributed by atoms with E-state index in [4.69, 9.17) is 27.9 Å². The van der Waals surface area contributed by atoms with Crippen LogP contribution in [-0.4, -0.2) is 71.7 Å². The van der Waals surface area contributed by atoms with E-state index in [1.54, 1.807) is 33.1 Å². The summed E-state index contributed by atoms with van der Waals surface area (Å²) in [6.45, 7) is -0.241. The molecule has 1 aliphatic rings. The zero-order chi connectivity index (χ0) is 18.5. The molecule has 0 bridgehead atoms. The average molecular weight is 397 g/mol. The van der Waals surface area contributed by atoms with Crippen LogP contribution < -0.4 is 0 Å². The van der Waals surface area contributed by atoms with Gasteiger partial charge in [-0.2, -0.15) is 11.8 Å². The molecule has 1 rings (SSSR count). The Balaban J connectivity index is 2.06. The summed E-state index contributed by atoms with van der Waals surface area (Å²) >= 11 is 1.73. The summed E-state index contributed by atoms with van der Waals surface area (Å²) in [7, 11) is 2.38. The van der Waals surface area contributed by atoms with Crippen molar-refractivity contribution in [3.8, 4) is 0 Å². The van der Waals surface area contributed by atoms with Crippen LogP contribution >= 0.6 is 11.8 Å². The van der Waals surface area contributed by atoms with Gasteiger partial charge >= 0.3 is 14.8 Å². The number of hydrogen-bond donors (Lipinski definition) is 1. The number of carbonyl (C=O) groups excluding carboxylic acids is 1. The number of esters is 1. The molecule has 0 spiro atoms. The van der Waals surface area contributed by atoms with Crippen LogP contribution in [0.1, 0.15) is 38.5 Å². The smallest absolute Gasteiger partial charge is 0.462 e. The summed E-state index contributed by atoms with van der Waals surface area (Å²) < 4.78 is 26.8. The van der Waals surface area contributed by atoms with Gasteiger partial charge in [0.05, 0.1) is 12.5 Å². The van der Waals surface area contributed by atoms with Crippen molar-refractivity contribution in [3.63, 3.8) is 0 Å². The number of ether oxygens (including phenoxy) is 2. The van der Waals surface area contributed by atoms with Crippen molar-refractivity contribution in [2.24, 2.45) is 0 Å². The first-order chi connectivity index (χ1) is 12.1. The van der Waals surface area contributed by atoms with Gasteiger partial charge < -0.3 is 27.9 Å². The molecule has 1 aliphatic carbocycles. The Hall–Kier alpha value is -0.163. The van der Waals surface area contributed by atoms with E-state index in [0.29, 0.717) is 6.42 Å². The molecule has 7 nitrogen and oxygen atoms in total. The van der Waals surface area contributed by atoms with E-state index in [1.165, 1.54) is 0 Å². The number of aliphatic hydroxyl groups is 1. The number of aliphatic hydroxyl groups excluding tert-OH is 1. The second-order valence-corrected chi connectivity index (χ2v) is 10.3. The fourth-order valence-corrected chi connectivity index (χ4v) is 5.71. The second-order valence-electron chi connectivity index (χ2n) is 5.95. The predicted octanol–water partition coefficient (Wildman–Crippen LogP) is 2.20. The van der Waals surface area contributed by atoms with Gasteiger partial charge in [-0.1, -0.05) is 0 Å². The molecule has 0 aliphatic heterocycles. The Morgan fingerprint density at radius 3 is 2.20 bits per heavy atom. The fourth-order valence-electron chi connectivity index (χ4n) is 2.87. The molecule has 0 unspecified atom stereocenters. The molecule has 0 amide bonds. The van der Waals surface area contributed by atoms with Crippen molar-refractivity contribution in [2.45, 2.75) is 56.8 Å². The van der Waals surface area contributed by atoms with Crippen LogP contribution in [0.5, 0.6) is 0 Å². The third-order valence-corrected chi connectivity index (χ3v) is 8.29. The maximum atomic E-state index is 11.9. The minimum absolute atomic E-state index is 0.00670. The Morgan fingerprint density at radius 1 is 1.04 bits per heavy atom. The van der Waals surface area contributed by atoms with Crippen LogP contribution in [0, 0.1) is 0 Å². The van der Waals surface area contributed by atoms with Gasteiger partial charge in [-0.15, -0.1) is 0 Å². The summed E-state index contributed by atoms with van der Waals surface area (Å²) in [6.07, 6.45) is 4.72. The monoisotopic (exact) mass is 396 g/mol. The van der Waals surface area contributed by atoms with Crippen LogP contribution in [-0.2, 0) is 27.5 Å². The van der Waals surface area contributed by atoms with Gasteiger partial charge in [0.1, 0.15) is 12.9 Å². The molecule has 1 N–H and O–H groups in total. The highest BCUT2D eigenvalue weighted by atomic mass is 32.2. The largest absolute Gasteiger partial charge is 0.500 e. The van der Waals surface area contributed by atoms with Crippen molar-refractivity contribution >= 4 is 26.5 Å². The molecule has 148 valence electrons. The van der Waals surface area contributed by atoms with E-state index in [0.717, 1.165) is 49.7 Å². The predicted molar refractivity (Wildman–Crippen MR) is 98.5 cm³/mol. The highest BCUT2D eigenvalue weighted by Crippen LogP contribution is 2.24. The average Bonchev–Trinajstić information content (AvgIpc) is 2.64. The molecule has 25 heavy (non-hydrogen) atoms. The zero-order valence-electron chi connectivity index (χ0n) is 15.5. The van der Waals surface area contributed by atoms with Crippen molar-refractivity contribution < 1.29 is 32.7 Å². The quantitative estimate of drug-likeness (QED) is 0.220. The van der Waals surface area contributed by atoms with Crippen LogP contribution in [0.15, 0.2) is 0 Å². The minimum Gasteiger partial charge on any atom is -0.462 e. The van der Waals surface area contributed by atoms with Crippen molar-refractivity contribution in [2.75, 3.05) is 39.6 Å². The summed E-state index contributed by atoms with van der Waals surface area (Å²) in [5, 5.41) is 8.75. The van der Waals surface area contributed by atoms with Gasteiger partial charge in [0.25, 0.3) is 0 Å². The molecule has 0 aromatic carbocycles. The molecule has 0 aromatic rings. The number of thioether (sulfide) groups is 1. The number of hydrogen-bond acceptors (Lipinski definition) is 8. The van der Waals surface area contributed by atoms with E-state index in [-0.39, 0.29) is 25.0 Å². The van der Waals surface area contributed by atoms with E-state index >= 15 is 0 Å². The summed E-state index contributed by atoms with van der Waals surface area (Å²) in [6, 6.07) is 0.771. The lowest BCUT2D eigenvalue weighted by Crippen LogP contribution is -2.42. The van der Waals surface area contributed by atoms with Crippen LogP contribution in [0.4, 0.5) is 0 Å². The van der Waals surface area contributed by atoms with E-state index in [9.17, 15) is 4.79 Å². The fraction of sp³-hybridized carbons (Fsp3) is 0.938. The molecule has 0 saturated heterocycles. The summed E-state index contributed by atoms with van der Waals surface area (Å²) in [4.78, 5) is 11.9. The Bertz CT molecular complexity index is 352. The second kappa shape index (κ2) is 13.1. The lowest BCUT2D eigenvalue weighted by atomic mass is 9.95. The lowest BCUT2D eigenvalue weighted by molar-refractivity contribution is -0.152. The van der Waals surface area contributed by atoms with E-state index < -0.39 is 8.80 Å².